The molecule has 0 saturated carbocycles. The van der Waals surface area contributed by atoms with Crippen molar-refractivity contribution in [3.05, 3.63) is 71.8 Å². The molecule has 0 aliphatic heterocycles. The number of carbonyl (C=O) groups excluding carboxylic acids is 2. The molecule has 0 heterocycles. The molecule has 0 aromatic heterocycles. The molecule has 0 aliphatic rings. The lowest BCUT2D eigenvalue weighted by Crippen LogP contribution is -2.42. The molecule has 150 valence electrons. The number of rotatable bonds is 10. The lowest BCUT2D eigenvalue weighted by Gasteiger charge is -2.18. The first-order valence-corrected chi connectivity index (χ1v) is 9.23. The average molecular weight is 385 g/mol. The van der Waals surface area contributed by atoms with Crippen LogP contribution in [0, 0.1) is 0 Å². The summed E-state index contributed by atoms with van der Waals surface area (Å²) in [5.41, 5.74) is 12.8. The smallest absolute Gasteiger partial charge is 0.408 e. The summed E-state index contributed by atoms with van der Waals surface area (Å²) >= 11 is 0. The Balaban J connectivity index is 1.87. The lowest BCUT2D eigenvalue weighted by atomic mass is 10.1. The number of nitrogens with two attached hydrogens (primary N) is 2. The van der Waals surface area contributed by atoms with Gasteiger partial charge in [0.25, 0.3) is 0 Å². The van der Waals surface area contributed by atoms with Gasteiger partial charge < -0.3 is 26.3 Å². The molecule has 0 saturated heterocycles. The number of nitrogens with one attached hydrogen (secondary N) is 1. The van der Waals surface area contributed by atoms with Gasteiger partial charge in [-0.2, -0.15) is 0 Å². The number of benzene rings is 2. The van der Waals surface area contributed by atoms with E-state index in [1.165, 1.54) is 0 Å². The van der Waals surface area contributed by atoms with Crippen LogP contribution in [0.1, 0.15) is 30.4 Å². The Morgan fingerprint density at radius 1 is 0.821 bits per heavy atom. The standard InChI is InChI=1S/C21H27N3O4/c22-19(23)13-7-12-18(20(25)27-14-16-8-3-1-4-9-16)24-21(26)28-15-17-10-5-2-6-11-17/h1-6,8-11,18-19H,7,12-15,22-23H2,(H,24,26)/t18-/m0/s1. The van der Waals surface area contributed by atoms with E-state index in [1.54, 1.807) is 0 Å². The predicted octanol–water partition coefficient (Wildman–Crippen LogP) is 2.44. The van der Waals surface area contributed by atoms with Gasteiger partial charge in [0.05, 0.1) is 6.17 Å². The van der Waals surface area contributed by atoms with Gasteiger partial charge in [0, 0.05) is 0 Å². The van der Waals surface area contributed by atoms with Gasteiger partial charge in [-0.1, -0.05) is 60.7 Å². The van der Waals surface area contributed by atoms with Crippen LogP contribution in [0.3, 0.4) is 0 Å². The van der Waals surface area contributed by atoms with Crippen LogP contribution in [0.4, 0.5) is 4.79 Å². The van der Waals surface area contributed by atoms with E-state index in [0.717, 1.165) is 11.1 Å². The van der Waals surface area contributed by atoms with E-state index < -0.39 is 24.3 Å². The van der Waals surface area contributed by atoms with E-state index in [0.29, 0.717) is 19.3 Å². The van der Waals surface area contributed by atoms with Gasteiger partial charge in [-0.05, 0) is 30.4 Å². The molecule has 0 fully saturated rings. The highest BCUT2D eigenvalue weighted by Crippen LogP contribution is 2.08. The summed E-state index contributed by atoms with van der Waals surface area (Å²) in [6, 6.07) is 17.8. The highest BCUT2D eigenvalue weighted by atomic mass is 16.6. The second-order valence-electron chi connectivity index (χ2n) is 6.45. The number of ether oxygens (including phenoxy) is 2. The highest BCUT2D eigenvalue weighted by Gasteiger charge is 2.23. The first-order valence-electron chi connectivity index (χ1n) is 9.23. The van der Waals surface area contributed by atoms with Crippen molar-refractivity contribution in [3.8, 4) is 0 Å². The monoisotopic (exact) mass is 385 g/mol. The van der Waals surface area contributed by atoms with E-state index in [1.807, 2.05) is 60.7 Å². The molecular formula is C21H27N3O4. The first-order chi connectivity index (χ1) is 13.5. The molecule has 1 atom stereocenters. The minimum Gasteiger partial charge on any atom is -0.459 e. The topological polar surface area (TPSA) is 117 Å². The van der Waals surface area contributed by atoms with Crippen molar-refractivity contribution in [1.82, 2.24) is 5.32 Å². The maximum absolute atomic E-state index is 12.4. The Hall–Kier alpha value is -2.90. The zero-order chi connectivity index (χ0) is 20.2. The summed E-state index contributed by atoms with van der Waals surface area (Å²) in [6.07, 6.45) is 0.317. The summed E-state index contributed by atoms with van der Waals surface area (Å²) in [6.45, 7) is 0.249. The minimum absolute atomic E-state index is 0.117. The Morgan fingerprint density at radius 3 is 1.89 bits per heavy atom. The van der Waals surface area contributed by atoms with Crippen LogP contribution in [0.25, 0.3) is 0 Å². The van der Waals surface area contributed by atoms with Gasteiger partial charge in [0.1, 0.15) is 19.3 Å². The van der Waals surface area contributed by atoms with E-state index in [4.69, 9.17) is 20.9 Å². The van der Waals surface area contributed by atoms with Gasteiger partial charge in [-0.3, -0.25) is 0 Å². The van der Waals surface area contributed by atoms with Gasteiger partial charge in [-0.25, -0.2) is 9.59 Å². The van der Waals surface area contributed by atoms with Crippen LogP contribution in [-0.2, 0) is 27.5 Å². The molecule has 28 heavy (non-hydrogen) atoms. The maximum Gasteiger partial charge on any atom is 0.408 e. The van der Waals surface area contributed by atoms with Crippen LogP contribution in [-0.4, -0.2) is 24.3 Å². The van der Waals surface area contributed by atoms with Crippen molar-refractivity contribution >= 4 is 12.1 Å². The number of esters is 1. The molecule has 7 nitrogen and oxygen atoms in total. The molecule has 2 rings (SSSR count). The fourth-order valence-corrected chi connectivity index (χ4v) is 2.54. The van der Waals surface area contributed by atoms with Crippen molar-refractivity contribution in [2.45, 2.75) is 44.7 Å². The number of hydrogen-bond donors (Lipinski definition) is 3. The van der Waals surface area contributed by atoms with E-state index in [-0.39, 0.29) is 13.2 Å². The van der Waals surface area contributed by atoms with Gasteiger partial charge >= 0.3 is 12.1 Å². The molecule has 0 aliphatic carbocycles. The normalized spacial score (nSPS) is 11.7. The van der Waals surface area contributed by atoms with Crippen LogP contribution >= 0.6 is 0 Å². The molecule has 5 N–H and O–H groups in total. The second kappa shape index (κ2) is 11.7. The third kappa shape index (κ3) is 8.20. The van der Waals surface area contributed by atoms with Crippen LogP contribution in [0.5, 0.6) is 0 Å². The zero-order valence-electron chi connectivity index (χ0n) is 15.8. The summed E-state index contributed by atoms with van der Waals surface area (Å²) in [7, 11) is 0. The van der Waals surface area contributed by atoms with Gasteiger partial charge in [0.15, 0.2) is 0 Å². The number of amides is 1. The predicted molar refractivity (Wildman–Crippen MR) is 106 cm³/mol. The maximum atomic E-state index is 12.4. The van der Waals surface area contributed by atoms with Crippen LogP contribution in [0.15, 0.2) is 60.7 Å². The van der Waals surface area contributed by atoms with Gasteiger partial charge in [0.2, 0.25) is 0 Å². The van der Waals surface area contributed by atoms with Gasteiger partial charge in [-0.15, -0.1) is 0 Å². The van der Waals surface area contributed by atoms with E-state index in [2.05, 4.69) is 5.32 Å². The van der Waals surface area contributed by atoms with Crippen molar-refractivity contribution in [2.24, 2.45) is 11.5 Å². The molecule has 2 aromatic carbocycles. The Morgan fingerprint density at radius 2 is 1.36 bits per heavy atom. The quantitative estimate of drug-likeness (QED) is 0.427. The van der Waals surface area contributed by atoms with Crippen molar-refractivity contribution < 1.29 is 19.1 Å². The fourth-order valence-electron chi connectivity index (χ4n) is 2.54. The van der Waals surface area contributed by atoms with Crippen molar-refractivity contribution in [1.29, 1.82) is 0 Å². The molecule has 2 aromatic rings. The Bertz CT molecular complexity index is 723. The number of alkyl carbamates (subject to hydrolysis) is 1. The Kier molecular flexibility index (Phi) is 8.97. The number of hydrogen-bond acceptors (Lipinski definition) is 6. The average Bonchev–Trinajstić information content (AvgIpc) is 2.71. The SMILES string of the molecule is NC(N)CCC[C@H](NC(=O)OCc1ccccc1)C(=O)OCc1ccccc1. The minimum atomic E-state index is -0.828. The summed E-state index contributed by atoms with van der Waals surface area (Å²) in [5, 5.41) is 2.58. The van der Waals surface area contributed by atoms with Crippen molar-refractivity contribution in [2.75, 3.05) is 0 Å². The van der Waals surface area contributed by atoms with Crippen molar-refractivity contribution in [3.63, 3.8) is 0 Å². The number of carbonyl (C=O) groups is 2. The third-order valence-electron chi connectivity index (χ3n) is 4.04. The summed E-state index contributed by atoms with van der Waals surface area (Å²) in [4.78, 5) is 24.6. The highest BCUT2D eigenvalue weighted by molar-refractivity contribution is 5.81. The molecule has 1 amide bonds. The molecule has 0 bridgehead atoms. The van der Waals surface area contributed by atoms with E-state index in [9.17, 15) is 9.59 Å². The van der Waals surface area contributed by atoms with Crippen LogP contribution < -0.4 is 16.8 Å². The molecule has 0 unspecified atom stereocenters. The Labute approximate surface area is 165 Å². The molecule has 0 spiro atoms. The molecular weight excluding hydrogens is 358 g/mol. The molecule has 7 heteroatoms. The summed E-state index contributed by atoms with van der Waals surface area (Å²) < 4.78 is 10.5. The fraction of sp³-hybridized carbons (Fsp3) is 0.333. The third-order valence-corrected chi connectivity index (χ3v) is 4.04. The first kappa shape index (κ1) is 21.4. The van der Waals surface area contributed by atoms with E-state index >= 15 is 0 Å². The second-order valence-corrected chi connectivity index (χ2v) is 6.45. The lowest BCUT2D eigenvalue weighted by molar-refractivity contribution is -0.147. The molecule has 0 radical (unpaired) electrons. The largest absolute Gasteiger partial charge is 0.459 e. The zero-order valence-corrected chi connectivity index (χ0v) is 15.8. The summed E-state index contributed by atoms with van der Waals surface area (Å²) in [5.74, 6) is -0.522. The van der Waals surface area contributed by atoms with Crippen LogP contribution in [0.2, 0.25) is 0 Å².